The van der Waals surface area contributed by atoms with Crippen LogP contribution in [0.3, 0.4) is 0 Å². The predicted molar refractivity (Wildman–Crippen MR) is 101 cm³/mol. The monoisotopic (exact) mass is 373 g/mol. The molecular weight excluding hydrogens is 358 g/mol. The van der Waals surface area contributed by atoms with Gasteiger partial charge in [-0.3, -0.25) is 4.79 Å². The Morgan fingerprint density at radius 2 is 1.96 bits per heavy atom. The minimum Gasteiger partial charge on any atom is -0.338 e. The van der Waals surface area contributed by atoms with Gasteiger partial charge in [0.25, 0.3) is 0 Å². The zero-order chi connectivity index (χ0) is 17.6. The van der Waals surface area contributed by atoms with E-state index in [9.17, 15) is 4.79 Å². The molecule has 0 saturated carbocycles. The first-order valence-corrected chi connectivity index (χ1v) is 9.17. The quantitative estimate of drug-likeness (QED) is 0.685. The van der Waals surface area contributed by atoms with E-state index in [4.69, 9.17) is 16.1 Å². The first kappa shape index (κ1) is 17.5. The van der Waals surface area contributed by atoms with Gasteiger partial charge in [0.1, 0.15) is 0 Å². The smallest absolute Gasteiger partial charge is 0.236 e. The van der Waals surface area contributed by atoms with E-state index in [-0.39, 0.29) is 11.7 Å². The summed E-state index contributed by atoms with van der Waals surface area (Å²) in [5.41, 5.74) is 2.68. The third-order valence-electron chi connectivity index (χ3n) is 3.38. The van der Waals surface area contributed by atoms with Gasteiger partial charge < -0.3 is 9.84 Å². The standard InChI is InChI=1S/C18H16ClN3O2S/c1-12-6-8-13(9-7-12)18-21-17(24-22-18)11-25-10-16(23)20-15-5-3-2-4-14(15)19/h2-9H,10-11H2,1H3,(H,20,23). The lowest BCUT2D eigenvalue weighted by Gasteiger charge is -2.05. The van der Waals surface area contributed by atoms with E-state index in [2.05, 4.69) is 15.5 Å². The van der Waals surface area contributed by atoms with Gasteiger partial charge in [-0.25, -0.2) is 0 Å². The largest absolute Gasteiger partial charge is 0.338 e. The van der Waals surface area contributed by atoms with Crippen LogP contribution < -0.4 is 5.32 Å². The second kappa shape index (κ2) is 8.18. The zero-order valence-electron chi connectivity index (χ0n) is 13.5. The normalized spacial score (nSPS) is 10.6. The maximum absolute atomic E-state index is 12.0. The summed E-state index contributed by atoms with van der Waals surface area (Å²) < 4.78 is 5.23. The van der Waals surface area contributed by atoms with Gasteiger partial charge >= 0.3 is 0 Å². The number of nitrogens with zero attached hydrogens (tertiary/aromatic N) is 2. The van der Waals surface area contributed by atoms with Gasteiger partial charge in [0.05, 0.1) is 22.2 Å². The van der Waals surface area contributed by atoms with Crippen LogP contribution in [0.15, 0.2) is 53.1 Å². The number of hydrogen-bond donors (Lipinski definition) is 1. The Kier molecular flexibility index (Phi) is 5.73. The number of carbonyl (C=O) groups excluding carboxylic acids is 1. The number of rotatable bonds is 6. The molecular formula is C18H16ClN3O2S. The fourth-order valence-corrected chi connectivity index (χ4v) is 2.95. The van der Waals surface area contributed by atoms with Crippen molar-refractivity contribution >= 4 is 35.0 Å². The molecule has 3 rings (SSSR count). The van der Waals surface area contributed by atoms with Gasteiger partial charge in [-0.2, -0.15) is 4.98 Å². The molecule has 0 bridgehead atoms. The van der Waals surface area contributed by atoms with Crippen LogP contribution in [0.1, 0.15) is 11.5 Å². The Bertz CT molecular complexity index is 865. The molecule has 0 aliphatic heterocycles. The number of thioether (sulfide) groups is 1. The van der Waals surface area contributed by atoms with Crippen LogP contribution in [0.25, 0.3) is 11.4 Å². The van der Waals surface area contributed by atoms with Crippen molar-refractivity contribution in [3.8, 4) is 11.4 Å². The molecule has 1 aromatic heterocycles. The predicted octanol–water partition coefficient (Wildman–Crippen LogP) is 4.57. The van der Waals surface area contributed by atoms with Crippen LogP contribution in [0.4, 0.5) is 5.69 Å². The third-order valence-corrected chi connectivity index (χ3v) is 4.63. The third kappa shape index (κ3) is 4.84. The van der Waals surface area contributed by atoms with Crippen molar-refractivity contribution in [1.29, 1.82) is 0 Å². The van der Waals surface area contributed by atoms with Crippen LogP contribution in [-0.4, -0.2) is 21.8 Å². The van der Waals surface area contributed by atoms with Gasteiger partial charge in [0, 0.05) is 5.56 Å². The topological polar surface area (TPSA) is 68.0 Å². The molecule has 0 aliphatic carbocycles. The number of amides is 1. The molecule has 0 aliphatic rings. The van der Waals surface area contributed by atoms with Crippen LogP contribution >= 0.6 is 23.4 Å². The van der Waals surface area contributed by atoms with Crippen molar-refractivity contribution in [3.05, 3.63) is 65.0 Å². The van der Waals surface area contributed by atoms with Crippen LogP contribution in [0.5, 0.6) is 0 Å². The highest BCUT2D eigenvalue weighted by atomic mass is 35.5. The summed E-state index contributed by atoms with van der Waals surface area (Å²) in [7, 11) is 0. The Morgan fingerprint density at radius 3 is 2.72 bits per heavy atom. The van der Waals surface area contributed by atoms with Crippen molar-refractivity contribution in [2.45, 2.75) is 12.7 Å². The van der Waals surface area contributed by atoms with Crippen molar-refractivity contribution < 1.29 is 9.32 Å². The number of benzene rings is 2. The number of para-hydroxylation sites is 1. The van der Waals surface area contributed by atoms with E-state index in [1.54, 1.807) is 12.1 Å². The lowest BCUT2D eigenvalue weighted by atomic mass is 10.1. The maximum Gasteiger partial charge on any atom is 0.236 e. The maximum atomic E-state index is 12.0. The number of carbonyl (C=O) groups is 1. The van der Waals surface area contributed by atoms with Crippen molar-refractivity contribution in [3.63, 3.8) is 0 Å². The zero-order valence-corrected chi connectivity index (χ0v) is 15.1. The molecule has 0 unspecified atom stereocenters. The first-order valence-electron chi connectivity index (χ1n) is 7.63. The summed E-state index contributed by atoms with van der Waals surface area (Å²) >= 11 is 7.41. The van der Waals surface area contributed by atoms with E-state index in [0.29, 0.717) is 28.2 Å². The average molecular weight is 374 g/mol. The second-order valence-electron chi connectivity index (χ2n) is 5.40. The highest BCUT2D eigenvalue weighted by Crippen LogP contribution is 2.21. The number of hydrogen-bond acceptors (Lipinski definition) is 5. The Balaban J connectivity index is 1.50. The molecule has 25 heavy (non-hydrogen) atoms. The molecule has 1 N–H and O–H groups in total. The SMILES string of the molecule is Cc1ccc(-c2noc(CSCC(=O)Nc3ccccc3Cl)n2)cc1. The van der Waals surface area contributed by atoms with Gasteiger partial charge in [0.2, 0.25) is 17.6 Å². The molecule has 5 nitrogen and oxygen atoms in total. The molecule has 0 saturated heterocycles. The van der Waals surface area contributed by atoms with Gasteiger partial charge in [-0.1, -0.05) is 58.7 Å². The first-order chi connectivity index (χ1) is 12.1. The van der Waals surface area contributed by atoms with E-state index in [1.807, 2.05) is 43.3 Å². The molecule has 0 spiro atoms. The number of anilines is 1. The van der Waals surface area contributed by atoms with Crippen molar-refractivity contribution in [2.24, 2.45) is 0 Å². The van der Waals surface area contributed by atoms with Crippen molar-refractivity contribution in [1.82, 2.24) is 10.1 Å². The van der Waals surface area contributed by atoms with E-state index >= 15 is 0 Å². The minimum atomic E-state index is -0.128. The molecule has 1 amide bonds. The molecule has 2 aromatic carbocycles. The molecule has 0 atom stereocenters. The number of aromatic nitrogens is 2. The number of halogens is 1. The Hall–Kier alpha value is -2.31. The summed E-state index contributed by atoms with van der Waals surface area (Å²) in [4.78, 5) is 16.3. The van der Waals surface area contributed by atoms with Gasteiger partial charge in [-0.15, -0.1) is 11.8 Å². The van der Waals surface area contributed by atoms with Gasteiger partial charge in [-0.05, 0) is 19.1 Å². The molecule has 0 fully saturated rings. The summed E-state index contributed by atoms with van der Waals surface area (Å²) in [5.74, 6) is 1.65. The van der Waals surface area contributed by atoms with Crippen LogP contribution in [-0.2, 0) is 10.5 Å². The fraction of sp³-hybridized carbons (Fsp3) is 0.167. The molecule has 3 aromatic rings. The number of nitrogens with one attached hydrogen (secondary N) is 1. The summed E-state index contributed by atoms with van der Waals surface area (Å²) in [6.07, 6.45) is 0. The fourth-order valence-electron chi connectivity index (χ4n) is 2.11. The average Bonchev–Trinajstić information content (AvgIpc) is 3.06. The van der Waals surface area contributed by atoms with Crippen molar-refractivity contribution in [2.75, 3.05) is 11.1 Å². The van der Waals surface area contributed by atoms with Gasteiger partial charge in [0.15, 0.2) is 0 Å². The lowest BCUT2D eigenvalue weighted by Crippen LogP contribution is -2.14. The number of aryl methyl sites for hydroxylation is 1. The van der Waals surface area contributed by atoms with Crippen LogP contribution in [0, 0.1) is 6.92 Å². The Morgan fingerprint density at radius 1 is 1.20 bits per heavy atom. The van der Waals surface area contributed by atoms with E-state index in [1.165, 1.54) is 17.3 Å². The van der Waals surface area contributed by atoms with E-state index < -0.39 is 0 Å². The molecule has 0 radical (unpaired) electrons. The summed E-state index contributed by atoms with van der Waals surface area (Å²) in [6, 6.07) is 15.0. The summed E-state index contributed by atoms with van der Waals surface area (Å²) in [6.45, 7) is 2.02. The molecule has 7 heteroatoms. The second-order valence-corrected chi connectivity index (χ2v) is 6.79. The summed E-state index contributed by atoms with van der Waals surface area (Å²) in [5, 5.41) is 7.26. The van der Waals surface area contributed by atoms with Crippen LogP contribution in [0.2, 0.25) is 5.02 Å². The highest BCUT2D eigenvalue weighted by molar-refractivity contribution is 7.99. The molecule has 1 heterocycles. The minimum absolute atomic E-state index is 0.128. The van der Waals surface area contributed by atoms with E-state index in [0.717, 1.165) is 5.56 Å². The highest BCUT2D eigenvalue weighted by Gasteiger charge is 2.10. The lowest BCUT2D eigenvalue weighted by molar-refractivity contribution is -0.113. The molecule has 128 valence electrons. The Labute approximate surface area is 154 Å².